The van der Waals surface area contributed by atoms with Crippen molar-refractivity contribution in [1.29, 1.82) is 0 Å². The summed E-state index contributed by atoms with van der Waals surface area (Å²) in [5.74, 6) is -0.220. The maximum absolute atomic E-state index is 13.0. The zero-order valence-electron chi connectivity index (χ0n) is 8.50. The van der Waals surface area contributed by atoms with Crippen LogP contribution in [0.3, 0.4) is 0 Å². The lowest BCUT2D eigenvalue weighted by Crippen LogP contribution is -1.75. The van der Waals surface area contributed by atoms with Crippen molar-refractivity contribution >= 4 is 10.9 Å². The van der Waals surface area contributed by atoms with Crippen molar-refractivity contribution < 1.29 is 4.39 Å². The van der Waals surface area contributed by atoms with E-state index in [1.807, 2.05) is 30.5 Å². The normalized spacial score (nSPS) is 10.8. The van der Waals surface area contributed by atoms with Crippen molar-refractivity contribution in [2.24, 2.45) is 0 Å². The number of hydrogen-bond acceptors (Lipinski definition) is 0. The zero-order chi connectivity index (χ0) is 11.0. The lowest BCUT2D eigenvalue weighted by molar-refractivity contribution is 0.629. The molecule has 0 amide bonds. The minimum absolute atomic E-state index is 0.220. The molecule has 1 N–H and O–H groups in total. The largest absolute Gasteiger partial charge is 0.360 e. The summed E-state index contributed by atoms with van der Waals surface area (Å²) in [6, 6.07) is 15.5. The number of halogens is 1. The van der Waals surface area contributed by atoms with Gasteiger partial charge in [0.15, 0.2) is 0 Å². The van der Waals surface area contributed by atoms with E-state index in [1.165, 1.54) is 12.1 Å². The first-order chi connectivity index (χ1) is 7.84. The van der Waals surface area contributed by atoms with E-state index in [1.54, 1.807) is 6.07 Å². The van der Waals surface area contributed by atoms with Crippen LogP contribution in [-0.2, 0) is 0 Å². The van der Waals surface area contributed by atoms with Crippen LogP contribution >= 0.6 is 0 Å². The number of aromatic nitrogens is 1. The van der Waals surface area contributed by atoms with Crippen LogP contribution in [-0.4, -0.2) is 4.98 Å². The van der Waals surface area contributed by atoms with Crippen molar-refractivity contribution in [1.82, 2.24) is 4.98 Å². The molecule has 0 atom stereocenters. The first-order valence-corrected chi connectivity index (χ1v) is 5.08. The smallest absolute Gasteiger partial charge is 0.125 e. The van der Waals surface area contributed by atoms with E-state index < -0.39 is 0 Å². The van der Waals surface area contributed by atoms with Gasteiger partial charge in [0.05, 0.1) is 0 Å². The van der Waals surface area contributed by atoms with Gasteiger partial charge < -0.3 is 4.98 Å². The molecule has 0 spiro atoms. The highest BCUT2D eigenvalue weighted by Gasteiger charge is 2.05. The van der Waals surface area contributed by atoms with E-state index >= 15 is 0 Å². The fourth-order valence-corrected chi connectivity index (χ4v) is 1.90. The summed E-state index contributed by atoms with van der Waals surface area (Å²) in [5, 5.41) is 1.03. The Hall–Kier alpha value is -2.09. The highest BCUT2D eigenvalue weighted by atomic mass is 19.1. The number of aromatic amines is 1. The van der Waals surface area contributed by atoms with Gasteiger partial charge in [-0.15, -0.1) is 0 Å². The van der Waals surface area contributed by atoms with Gasteiger partial charge in [-0.1, -0.05) is 24.3 Å². The van der Waals surface area contributed by atoms with Gasteiger partial charge >= 0.3 is 0 Å². The van der Waals surface area contributed by atoms with E-state index in [9.17, 15) is 4.39 Å². The van der Waals surface area contributed by atoms with Crippen LogP contribution in [0.2, 0.25) is 0 Å². The second-order valence-corrected chi connectivity index (χ2v) is 3.68. The van der Waals surface area contributed by atoms with Crippen LogP contribution in [0.15, 0.2) is 48.7 Å². The maximum Gasteiger partial charge on any atom is 0.125 e. The molecule has 1 nitrogen and oxygen atoms in total. The Bertz CT molecular complexity index is 626. The third-order valence-corrected chi connectivity index (χ3v) is 2.67. The average Bonchev–Trinajstić information content (AvgIpc) is 2.73. The molecule has 2 aromatic carbocycles. The molecule has 1 aromatic heterocycles. The summed E-state index contributed by atoms with van der Waals surface area (Å²) in [4.78, 5) is 3.08. The molecular formula is C14H9FN. The molecule has 0 unspecified atom stereocenters. The number of benzene rings is 2. The molecule has 0 bridgehead atoms. The number of H-pyrrole nitrogens is 1. The van der Waals surface area contributed by atoms with E-state index in [0.717, 1.165) is 22.0 Å². The average molecular weight is 210 g/mol. The molecule has 0 aliphatic carbocycles. The molecule has 0 aliphatic heterocycles. The van der Waals surface area contributed by atoms with E-state index in [0.29, 0.717) is 0 Å². The summed E-state index contributed by atoms with van der Waals surface area (Å²) >= 11 is 0. The molecule has 3 rings (SSSR count). The van der Waals surface area contributed by atoms with E-state index in [4.69, 9.17) is 0 Å². The molecule has 77 valence electrons. The van der Waals surface area contributed by atoms with Gasteiger partial charge in [0.25, 0.3) is 0 Å². The van der Waals surface area contributed by atoms with Gasteiger partial charge in [0.1, 0.15) is 5.82 Å². The monoisotopic (exact) mass is 210 g/mol. The van der Waals surface area contributed by atoms with Crippen molar-refractivity contribution in [2.75, 3.05) is 0 Å². The van der Waals surface area contributed by atoms with Gasteiger partial charge in [-0.25, -0.2) is 4.39 Å². The van der Waals surface area contributed by atoms with Crippen molar-refractivity contribution in [3.63, 3.8) is 0 Å². The Balaban J connectivity index is 2.26. The Morgan fingerprint density at radius 3 is 2.69 bits per heavy atom. The van der Waals surface area contributed by atoms with Crippen LogP contribution in [0.5, 0.6) is 0 Å². The standard InChI is InChI=1S/C14H9FN/c15-11-6-7-12-13(9-16-14(12)8-11)10-4-2-1-3-5-10/h2-9,16H. The first-order valence-electron chi connectivity index (χ1n) is 5.08. The van der Waals surface area contributed by atoms with Gasteiger partial charge in [0.2, 0.25) is 0 Å². The third kappa shape index (κ3) is 1.39. The highest BCUT2D eigenvalue weighted by Crippen LogP contribution is 2.28. The van der Waals surface area contributed by atoms with Crippen LogP contribution in [0.4, 0.5) is 4.39 Å². The van der Waals surface area contributed by atoms with Crippen LogP contribution in [0, 0.1) is 11.9 Å². The van der Waals surface area contributed by atoms with E-state index in [-0.39, 0.29) is 5.82 Å². The molecule has 2 heteroatoms. The Labute approximate surface area is 92.5 Å². The fraction of sp³-hybridized carbons (Fsp3) is 0. The summed E-state index contributed by atoms with van der Waals surface area (Å²) in [6.45, 7) is 0. The molecular weight excluding hydrogens is 201 g/mol. The maximum atomic E-state index is 13.0. The minimum Gasteiger partial charge on any atom is -0.360 e. The van der Waals surface area contributed by atoms with Crippen molar-refractivity contribution in [3.05, 3.63) is 60.5 Å². The van der Waals surface area contributed by atoms with Gasteiger partial charge in [-0.05, 0) is 29.8 Å². The van der Waals surface area contributed by atoms with Gasteiger partial charge in [-0.3, -0.25) is 0 Å². The SMILES string of the molecule is Fc1ccc2c(-c3cc[c]cc3)c[nH]c2c1. The van der Waals surface area contributed by atoms with E-state index in [2.05, 4.69) is 11.1 Å². The zero-order valence-corrected chi connectivity index (χ0v) is 8.50. The fourth-order valence-electron chi connectivity index (χ4n) is 1.90. The number of nitrogens with one attached hydrogen (secondary N) is 1. The Morgan fingerprint density at radius 2 is 1.88 bits per heavy atom. The van der Waals surface area contributed by atoms with Gasteiger partial charge in [-0.2, -0.15) is 0 Å². The van der Waals surface area contributed by atoms with Crippen LogP contribution < -0.4 is 0 Å². The molecule has 0 aliphatic rings. The van der Waals surface area contributed by atoms with Crippen molar-refractivity contribution in [2.45, 2.75) is 0 Å². The molecule has 1 heterocycles. The summed E-state index contributed by atoms with van der Waals surface area (Å²) < 4.78 is 13.0. The third-order valence-electron chi connectivity index (χ3n) is 2.67. The van der Waals surface area contributed by atoms with Gasteiger partial charge in [0, 0.05) is 22.7 Å². The predicted molar refractivity (Wildman–Crippen MR) is 62.5 cm³/mol. The highest BCUT2D eigenvalue weighted by molar-refractivity contribution is 5.95. The Kier molecular flexibility index (Phi) is 2.00. The first kappa shape index (κ1) is 9.16. The Morgan fingerprint density at radius 1 is 1.06 bits per heavy atom. The second kappa shape index (κ2) is 3.49. The van der Waals surface area contributed by atoms with Crippen LogP contribution in [0.1, 0.15) is 0 Å². The summed E-state index contributed by atoms with van der Waals surface area (Å²) in [7, 11) is 0. The minimum atomic E-state index is -0.220. The molecule has 1 radical (unpaired) electrons. The number of hydrogen-bond donors (Lipinski definition) is 1. The quantitative estimate of drug-likeness (QED) is 0.629. The van der Waals surface area contributed by atoms with Crippen LogP contribution in [0.25, 0.3) is 22.0 Å². The molecule has 3 aromatic rings. The number of rotatable bonds is 1. The number of fused-ring (bicyclic) bond motifs is 1. The predicted octanol–water partition coefficient (Wildman–Crippen LogP) is 3.77. The summed E-state index contributed by atoms with van der Waals surface area (Å²) in [6.07, 6.45) is 1.90. The summed E-state index contributed by atoms with van der Waals surface area (Å²) in [5.41, 5.74) is 3.02. The molecule has 16 heavy (non-hydrogen) atoms. The van der Waals surface area contributed by atoms with Crippen molar-refractivity contribution in [3.8, 4) is 11.1 Å². The lowest BCUT2D eigenvalue weighted by atomic mass is 10.1. The molecule has 0 fully saturated rings. The second-order valence-electron chi connectivity index (χ2n) is 3.68. The molecule has 0 saturated carbocycles. The topological polar surface area (TPSA) is 15.8 Å². The lowest BCUT2D eigenvalue weighted by Gasteiger charge is -1.98. The molecule has 0 saturated heterocycles.